The van der Waals surface area contributed by atoms with E-state index in [0.29, 0.717) is 10.8 Å². The normalized spacial score (nSPS) is 11.1. The zero-order chi connectivity index (χ0) is 11.1. The molecule has 80 valence electrons. The lowest BCUT2D eigenvalue weighted by molar-refractivity contribution is 0.415. The molecule has 0 atom stereocenters. The van der Waals surface area contributed by atoms with E-state index in [-0.39, 0.29) is 0 Å². The molecule has 0 fully saturated rings. The molecule has 0 saturated heterocycles. The Hall–Kier alpha value is -1.81. The van der Waals surface area contributed by atoms with E-state index in [2.05, 4.69) is 15.2 Å². The number of ether oxygens (including phenoxy) is 1. The molecule has 0 aliphatic carbocycles. The van der Waals surface area contributed by atoms with Crippen LogP contribution in [0.1, 0.15) is 0 Å². The van der Waals surface area contributed by atoms with Crippen molar-refractivity contribution in [3.05, 3.63) is 29.4 Å². The number of fused-ring (bicyclic) bond motifs is 2. The van der Waals surface area contributed by atoms with Gasteiger partial charge in [-0.2, -0.15) is 5.10 Å². The van der Waals surface area contributed by atoms with Crippen LogP contribution in [0, 0.1) is 0 Å². The summed E-state index contributed by atoms with van der Waals surface area (Å²) in [5.41, 5.74) is 1.46. The van der Waals surface area contributed by atoms with Gasteiger partial charge in [-0.05, 0) is 18.2 Å². The minimum absolute atomic E-state index is 0.514. The van der Waals surface area contributed by atoms with Gasteiger partial charge in [0.2, 0.25) is 0 Å². The summed E-state index contributed by atoms with van der Waals surface area (Å²) in [5, 5.41) is 9.07. The van der Waals surface area contributed by atoms with Crippen LogP contribution in [-0.4, -0.2) is 22.3 Å². The van der Waals surface area contributed by atoms with E-state index < -0.39 is 0 Å². The molecule has 0 bridgehead atoms. The Morgan fingerprint density at radius 1 is 1.31 bits per heavy atom. The standard InChI is InChI=1S/C11H8ClN3O/c1-16-7-3-2-6-4-8-10(12)14-15-11(8)13-9(6)5-7/h2-5H,1H3,(H,13,14,15). The third-order valence-electron chi connectivity index (χ3n) is 2.50. The molecule has 1 N–H and O–H groups in total. The zero-order valence-corrected chi connectivity index (χ0v) is 9.25. The zero-order valence-electron chi connectivity index (χ0n) is 8.49. The Bertz CT molecular complexity index is 677. The molecule has 16 heavy (non-hydrogen) atoms. The maximum absolute atomic E-state index is 5.95. The van der Waals surface area contributed by atoms with Crippen LogP contribution in [0.3, 0.4) is 0 Å². The smallest absolute Gasteiger partial charge is 0.183 e. The van der Waals surface area contributed by atoms with Gasteiger partial charge in [-0.3, -0.25) is 5.10 Å². The molecule has 1 aromatic carbocycles. The van der Waals surface area contributed by atoms with Crippen LogP contribution in [0.5, 0.6) is 5.75 Å². The van der Waals surface area contributed by atoms with Crippen molar-refractivity contribution in [2.45, 2.75) is 0 Å². The Morgan fingerprint density at radius 2 is 2.19 bits per heavy atom. The number of hydrogen-bond donors (Lipinski definition) is 1. The predicted molar refractivity (Wildman–Crippen MR) is 63.0 cm³/mol. The number of rotatable bonds is 1. The van der Waals surface area contributed by atoms with Crippen LogP contribution < -0.4 is 4.74 Å². The summed E-state index contributed by atoms with van der Waals surface area (Å²) < 4.78 is 5.15. The number of halogens is 1. The Balaban J connectivity index is 2.38. The SMILES string of the molecule is COc1ccc2cc3c(Cl)[nH]nc3nc2c1. The van der Waals surface area contributed by atoms with Crippen LogP contribution in [0.2, 0.25) is 5.15 Å². The summed E-state index contributed by atoms with van der Waals surface area (Å²) in [6.45, 7) is 0. The molecule has 0 saturated carbocycles. The molecule has 3 aromatic rings. The second-order valence-corrected chi connectivity index (χ2v) is 3.83. The first-order chi connectivity index (χ1) is 7.78. The van der Waals surface area contributed by atoms with Gasteiger partial charge in [0.05, 0.1) is 18.0 Å². The highest BCUT2D eigenvalue weighted by atomic mass is 35.5. The molecule has 2 heterocycles. The highest BCUT2D eigenvalue weighted by molar-refractivity contribution is 6.34. The molecule has 0 spiro atoms. The molecule has 0 aliphatic heterocycles. The van der Waals surface area contributed by atoms with Crippen molar-refractivity contribution in [3.63, 3.8) is 0 Å². The summed E-state index contributed by atoms with van der Waals surface area (Å²) in [6.07, 6.45) is 0. The van der Waals surface area contributed by atoms with Crippen molar-refractivity contribution >= 4 is 33.5 Å². The Morgan fingerprint density at radius 3 is 3.00 bits per heavy atom. The quantitative estimate of drug-likeness (QED) is 0.703. The number of nitrogens with zero attached hydrogens (tertiary/aromatic N) is 2. The van der Waals surface area contributed by atoms with Crippen molar-refractivity contribution in [2.75, 3.05) is 7.11 Å². The number of hydrogen-bond acceptors (Lipinski definition) is 3. The highest BCUT2D eigenvalue weighted by Gasteiger charge is 2.06. The molecule has 4 nitrogen and oxygen atoms in total. The van der Waals surface area contributed by atoms with Gasteiger partial charge in [-0.15, -0.1) is 0 Å². The third kappa shape index (κ3) is 1.31. The second kappa shape index (κ2) is 3.35. The first kappa shape index (κ1) is 9.42. The molecule has 2 aromatic heterocycles. The lowest BCUT2D eigenvalue weighted by Gasteiger charge is -2.01. The number of nitrogens with one attached hydrogen (secondary N) is 1. The van der Waals surface area contributed by atoms with Crippen LogP contribution in [0.15, 0.2) is 24.3 Å². The molecule has 5 heteroatoms. The van der Waals surface area contributed by atoms with Gasteiger partial charge < -0.3 is 4.74 Å². The summed E-state index contributed by atoms with van der Waals surface area (Å²) in [7, 11) is 1.63. The molecule has 3 rings (SSSR count). The number of H-pyrrole nitrogens is 1. The number of pyridine rings is 1. The summed E-state index contributed by atoms with van der Waals surface area (Å²) in [6, 6.07) is 7.67. The van der Waals surface area contributed by atoms with Crippen LogP contribution in [-0.2, 0) is 0 Å². The first-order valence-corrected chi connectivity index (χ1v) is 5.14. The molecular formula is C11H8ClN3O. The van der Waals surface area contributed by atoms with Crippen molar-refractivity contribution < 1.29 is 4.74 Å². The second-order valence-electron chi connectivity index (χ2n) is 3.46. The highest BCUT2D eigenvalue weighted by Crippen LogP contribution is 2.25. The topological polar surface area (TPSA) is 50.8 Å². The van der Waals surface area contributed by atoms with Crippen LogP contribution in [0.4, 0.5) is 0 Å². The van der Waals surface area contributed by atoms with E-state index in [0.717, 1.165) is 22.0 Å². The van der Waals surface area contributed by atoms with E-state index in [4.69, 9.17) is 16.3 Å². The average molecular weight is 234 g/mol. The molecule has 0 radical (unpaired) electrons. The number of aromatic amines is 1. The van der Waals surface area contributed by atoms with E-state index >= 15 is 0 Å². The number of methoxy groups -OCH3 is 1. The summed E-state index contributed by atoms with van der Waals surface area (Å²) in [5.74, 6) is 0.779. The fourth-order valence-corrected chi connectivity index (χ4v) is 1.85. The third-order valence-corrected chi connectivity index (χ3v) is 2.79. The molecule has 0 unspecified atom stereocenters. The van der Waals surface area contributed by atoms with Gasteiger partial charge in [0.15, 0.2) is 5.65 Å². The predicted octanol–water partition coefficient (Wildman–Crippen LogP) is 2.77. The maximum atomic E-state index is 5.95. The average Bonchev–Trinajstić information content (AvgIpc) is 2.67. The largest absolute Gasteiger partial charge is 0.497 e. The van der Waals surface area contributed by atoms with Gasteiger partial charge in [0.25, 0.3) is 0 Å². The van der Waals surface area contributed by atoms with Gasteiger partial charge in [0.1, 0.15) is 10.9 Å². The summed E-state index contributed by atoms with van der Waals surface area (Å²) in [4.78, 5) is 4.40. The van der Waals surface area contributed by atoms with Crippen LogP contribution >= 0.6 is 11.6 Å². The van der Waals surface area contributed by atoms with Gasteiger partial charge in [0, 0.05) is 11.5 Å². The van der Waals surface area contributed by atoms with Crippen molar-refractivity contribution in [2.24, 2.45) is 0 Å². The summed E-state index contributed by atoms with van der Waals surface area (Å²) >= 11 is 5.95. The van der Waals surface area contributed by atoms with Gasteiger partial charge >= 0.3 is 0 Å². The van der Waals surface area contributed by atoms with Crippen molar-refractivity contribution in [1.82, 2.24) is 15.2 Å². The Labute approximate surface area is 96.2 Å². The molecule has 0 aliphatic rings. The van der Waals surface area contributed by atoms with Crippen molar-refractivity contribution in [1.29, 1.82) is 0 Å². The first-order valence-electron chi connectivity index (χ1n) is 4.76. The lowest BCUT2D eigenvalue weighted by atomic mass is 10.2. The van der Waals surface area contributed by atoms with Gasteiger partial charge in [-0.25, -0.2) is 4.98 Å². The van der Waals surface area contributed by atoms with Crippen molar-refractivity contribution in [3.8, 4) is 5.75 Å². The van der Waals surface area contributed by atoms with E-state index in [1.807, 2.05) is 24.3 Å². The Kier molecular flexibility index (Phi) is 1.97. The lowest BCUT2D eigenvalue weighted by Crippen LogP contribution is -1.85. The minimum Gasteiger partial charge on any atom is -0.497 e. The number of aromatic nitrogens is 3. The number of benzene rings is 1. The van der Waals surface area contributed by atoms with E-state index in [1.165, 1.54) is 0 Å². The minimum atomic E-state index is 0.514. The fourth-order valence-electron chi connectivity index (χ4n) is 1.67. The van der Waals surface area contributed by atoms with E-state index in [9.17, 15) is 0 Å². The molecular weight excluding hydrogens is 226 g/mol. The molecule has 0 amide bonds. The monoisotopic (exact) mass is 233 g/mol. The van der Waals surface area contributed by atoms with E-state index in [1.54, 1.807) is 7.11 Å². The maximum Gasteiger partial charge on any atom is 0.183 e. The van der Waals surface area contributed by atoms with Gasteiger partial charge in [-0.1, -0.05) is 11.6 Å². The van der Waals surface area contributed by atoms with Crippen LogP contribution in [0.25, 0.3) is 21.9 Å². The fraction of sp³-hybridized carbons (Fsp3) is 0.0909.